The molecule has 78 valence electrons. The molecule has 0 saturated carbocycles. The lowest BCUT2D eigenvalue weighted by atomic mass is 10.3. The van der Waals surface area contributed by atoms with Gasteiger partial charge in [0.1, 0.15) is 12.0 Å². The molecule has 1 unspecified atom stereocenters. The van der Waals surface area contributed by atoms with Gasteiger partial charge in [0.15, 0.2) is 0 Å². The highest BCUT2D eigenvalue weighted by Crippen LogP contribution is 2.23. The third-order valence-corrected chi connectivity index (χ3v) is 1.88. The fourth-order valence-electron chi connectivity index (χ4n) is 1.27. The van der Waals surface area contributed by atoms with Gasteiger partial charge in [0.2, 0.25) is 0 Å². The third kappa shape index (κ3) is 2.92. The van der Waals surface area contributed by atoms with Gasteiger partial charge in [-0.15, -0.1) is 0 Å². The molecule has 0 radical (unpaired) electrons. The average Bonchev–Trinajstić information content (AvgIpc) is 2.19. The van der Waals surface area contributed by atoms with Gasteiger partial charge in [-0.05, 0) is 26.0 Å². The quantitative estimate of drug-likeness (QED) is 0.732. The predicted octanol–water partition coefficient (Wildman–Crippen LogP) is 2.49. The summed E-state index contributed by atoms with van der Waals surface area (Å²) in [5.74, 6) is 0.832. The molecule has 0 aliphatic carbocycles. The van der Waals surface area contributed by atoms with Crippen LogP contribution in [0.3, 0.4) is 0 Å². The zero-order valence-corrected chi connectivity index (χ0v) is 8.91. The highest BCUT2D eigenvalue weighted by molar-refractivity contribution is 5.56. The second-order valence-corrected chi connectivity index (χ2v) is 2.94. The monoisotopic (exact) mass is 195 g/mol. The molecule has 1 atom stereocenters. The molecule has 14 heavy (non-hydrogen) atoms. The van der Waals surface area contributed by atoms with Crippen LogP contribution < -0.4 is 10.1 Å². The van der Waals surface area contributed by atoms with Crippen LogP contribution in [0.25, 0.3) is 0 Å². The van der Waals surface area contributed by atoms with E-state index in [0.717, 1.165) is 11.4 Å². The first-order valence-corrected chi connectivity index (χ1v) is 4.79. The highest BCUT2D eigenvalue weighted by Gasteiger charge is 2.04. The fourth-order valence-corrected chi connectivity index (χ4v) is 1.27. The third-order valence-electron chi connectivity index (χ3n) is 1.88. The zero-order valence-electron chi connectivity index (χ0n) is 8.91. The minimum atomic E-state index is -0.00343. The first-order chi connectivity index (χ1) is 6.77. The Labute approximate surface area is 85.0 Å². The van der Waals surface area contributed by atoms with Crippen LogP contribution in [0.1, 0.15) is 13.8 Å². The van der Waals surface area contributed by atoms with Crippen LogP contribution in [-0.4, -0.2) is 19.9 Å². The number of hydrogen-bond acceptors (Lipinski definition) is 3. The molecule has 0 aliphatic heterocycles. The Balaban J connectivity index is 2.65. The molecule has 1 N–H and O–H groups in total. The molecule has 0 aliphatic rings. The van der Waals surface area contributed by atoms with Crippen LogP contribution in [0.4, 0.5) is 5.69 Å². The van der Waals surface area contributed by atoms with E-state index >= 15 is 0 Å². The summed E-state index contributed by atoms with van der Waals surface area (Å²) in [6, 6.07) is 7.79. The van der Waals surface area contributed by atoms with Crippen molar-refractivity contribution in [3.63, 3.8) is 0 Å². The van der Waals surface area contributed by atoms with Gasteiger partial charge in [-0.3, -0.25) is 0 Å². The molecule has 0 saturated heterocycles. The number of benzene rings is 1. The van der Waals surface area contributed by atoms with E-state index in [1.165, 1.54) is 0 Å². The first kappa shape index (κ1) is 10.9. The van der Waals surface area contributed by atoms with E-state index in [1.807, 2.05) is 38.1 Å². The molecule has 3 nitrogen and oxygen atoms in total. The number of rotatable bonds is 5. The van der Waals surface area contributed by atoms with Crippen LogP contribution in [0.15, 0.2) is 24.3 Å². The van der Waals surface area contributed by atoms with E-state index in [0.29, 0.717) is 6.61 Å². The van der Waals surface area contributed by atoms with E-state index in [2.05, 4.69) is 5.32 Å². The molecule has 1 rings (SSSR count). The van der Waals surface area contributed by atoms with Gasteiger partial charge >= 0.3 is 0 Å². The van der Waals surface area contributed by atoms with Crippen LogP contribution >= 0.6 is 0 Å². The molecule has 0 spiro atoms. The molecular formula is C11H17NO2. The van der Waals surface area contributed by atoms with Crippen molar-refractivity contribution in [1.29, 1.82) is 0 Å². The van der Waals surface area contributed by atoms with Crippen molar-refractivity contribution in [2.45, 2.75) is 20.1 Å². The highest BCUT2D eigenvalue weighted by atomic mass is 16.5. The number of anilines is 1. The number of para-hydroxylation sites is 2. The average molecular weight is 195 g/mol. The summed E-state index contributed by atoms with van der Waals surface area (Å²) < 4.78 is 10.6. The first-order valence-electron chi connectivity index (χ1n) is 4.79. The van der Waals surface area contributed by atoms with Crippen molar-refractivity contribution in [2.75, 3.05) is 19.0 Å². The van der Waals surface area contributed by atoms with E-state index in [9.17, 15) is 0 Å². The molecule has 1 aromatic carbocycles. The Hall–Kier alpha value is -1.22. The predicted molar refractivity (Wildman–Crippen MR) is 57.7 cm³/mol. The Morgan fingerprint density at radius 2 is 2.07 bits per heavy atom. The molecule has 3 heteroatoms. The minimum Gasteiger partial charge on any atom is -0.495 e. The molecule has 0 fully saturated rings. The summed E-state index contributed by atoms with van der Waals surface area (Å²) in [6.07, 6.45) is -0.00343. The summed E-state index contributed by atoms with van der Waals surface area (Å²) in [6.45, 7) is 4.64. The molecule has 0 amide bonds. The number of nitrogens with one attached hydrogen (secondary N) is 1. The van der Waals surface area contributed by atoms with Crippen LogP contribution in [0, 0.1) is 0 Å². The Kier molecular flexibility index (Phi) is 4.26. The fraction of sp³-hybridized carbons (Fsp3) is 0.455. The van der Waals surface area contributed by atoms with Crippen LogP contribution in [0.5, 0.6) is 5.75 Å². The lowest BCUT2D eigenvalue weighted by molar-refractivity contribution is 0.0959. The van der Waals surface area contributed by atoms with Gasteiger partial charge < -0.3 is 14.8 Å². The van der Waals surface area contributed by atoms with Crippen molar-refractivity contribution in [1.82, 2.24) is 0 Å². The van der Waals surface area contributed by atoms with E-state index in [4.69, 9.17) is 9.47 Å². The SMILES string of the molecule is CCOC(C)Nc1ccccc1OC. The molecule has 0 aromatic heterocycles. The smallest absolute Gasteiger partial charge is 0.142 e. The maximum Gasteiger partial charge on any atom is 0.142 e. The number of hydrogen-bond donors (Lipinski definition) is 1. The standard InChI is InChI=1S/C11H17NO2/c1-4-14-9(2)12-10-7-5-6-8-11(10)13-3/h5-9,12H,4H2,1-3H3. The summed E-state index contributed by atoms with van der Waals surface area (Å²) in [5.41, 5.74) is 0.955. The molecular weight excluding hydrogens is 178 g/mol. The molecule has 0 bridgehead atoms. The summed E-state index contributed by atoms with van der Waals surface area (Å²) in [4.78, 5) is 0. The molecule has 0 heterocycles. The number of ether oxygens (including phenoxy) is 2. The second-order valence-electron chi connectivity index (χ2n) is 2.94. The van der Waals surface area contributed by atoms with Crippen LogP contribution in [0.2, 0.25) is 0 Å². The van der Waals surface area contributed by atoms with Crippen molar-refractivity contribution in [3.8, 4) is 5.75 Å². The van der Waals surface area contributed by atoms with Crippen molar-refractivity contribution in [3.05, 3.63) is 24.3 Å². The lowest BCUT2D eigenvalue weighted by Crippen LogP contribution is -2.19. The van der Waals surface area contributed by atoms with Gasteiger partial charge in [-0.1, -0.05) is 12.1 Å². The lowest BCUT2D eigenvalue weighted by Gasteiger charge is -2.16. The molecule has 1 aromatic rings. The van der Waals surface area contributed by atoms with E-state index in [-0.39, 0.29) is 6.23 Å². The maximum absolute atomic E-state index is 5.38. The van der Waals surface area contributed by atoms with Crippen molar-refractivity contribution < 1.29 is 9.47 Å². The number of methoxy groups -OCH3 is 1. The Bertz CT molecular complexity index is 276. The Morgan fingerprint density at radius 3 is 2.71 bits per heavy atom. The van der Waals surface area contributed by atoms with Gasteiger partial charge in [0, 0.05) is 6.61 Å². The van der Waals surface area contributed by atoms with Gasteiger partial charge in [0.25, 0.3) is 0 Å². The Morgan fingerprint density at radius 1 is 1.36 bits per heavy atom. The van der Waals surface area contributed by atoms with E-state index in [1.54, 1.807) is 7.11 Å². The van der Waals surface area contributed by atoms with Gasteiger partial charge in [-0.25, -0.2) is 0 Å². The van der Waals surface area contributed by atoms with E-state index < -0.39 is 0 Å². The van der Waals surface area contributed by atoms with Crippen LogP contribution in [-0.2, 0) is 4.74 Å². The maximum atomic E-state index is 5.38. The minimum absolute atomic E-state index is 0.00343. The topological polar surface area (TPSA) is 30.5 Å². The van der Waals surface area contributed by atoms with Gasteiger partial charge in [-0.2, -0.15) is 0 Å². The van der Waals surface area contributed by atoms with Crippen molar-refractivity contribution in [2.24, 2.45) is 0 Å². The van der Waals surface area contributed by atoms with Gasteiger partial charge in [0.05, 0.1) is 12.8 Å². The normalized spacial score (nSPS) is 12.2. The van der Waals surface area contributed by atoms with Crippen molar-refractivity contribution >= 4 is 5.69 Å². The zero-order chi connectivity index (χ0) is 10.4. The summed E-state index contributed by atoms with van der Waals surface area (Å²) in [7, 11) is 1.66. The summed E-state index contributed by atoms with van der Waals surface area (Å²) in [5, 5.41) is 3.22. The summed E-state index contributed by atoms with van der Waals surface area (Å²) >= 11 is 0. The largest absolute Gasteiger partial charge is 0.495 e. The second kappa shape index (κ2) is 5.50.